The lowest BCUT2D eigenvalue weighted by Gasteiger charge is -2.36. The maximum absolute atomic E-state index is 13.1. The standard InChI is InChI=1S/C22H30N4O4S/c1-15-6-7-20(13-16(15)2)31(28,29)26-11-8-18(9-12-26)22(27)25-10-4-5-19(14-25)21-23-17(3)24-30-21/h6-7,13,18-19H,4-5,8-12,14H2,1-3H3/t19-/m1/s1. The molecule has 1 aromatic heterocycles. The largest absolute Gasteiger partial charge is 0.342 e. The fraction of sp³-hybridized carbons (Fsp3) is 0.591. The second-order valence-corrected chi connectivity index (χ2v) is 10.7. The van der Waals surface area contributed by atoms with E-state index in [2.05, 4.69) is 10.1 Å². The van der Waals surface area contributed by atoms with Gasteiger partial charge in [-0.15, -0.1) is 0 Å². The first-order valence-electron chi connectivity index (χ1n) is 10.9. The number of carbonyl (C=O) groups is 1. The first-order chi connectivity index (χ1) is 14.8. The topological polar surface area (TPSA) is 96.6 Å². The number of carbonyl (C=O) groups excluding carboxylic acids is 1. The number of amides is 1. The molecule has 0 bridgehead atoms. The van der Waals surface area contributed by atoms with Gasteiger partial charge in [0.2, 0.25) is 21.8 Å². The Hall–Kier alpha value is -2.26. The van der Waals surface area contributed by atoms with Gasteiger partial charge in [-0.05, 0) is 69.7 Å². The zero-order valence-corrected chi connectivity index (χ0v) is 19.2. The van der Waals surface area contributed by atoms with Crippen molar-refractivity contribution in [2.24, 2.45) is 5.92 Å². The van der Waals surface area contributed by atoms with Crippen molar-refractivity contribution < 1.29 is 17.7 Å². The van der Waals surface area contributed by atoms with E-state index in [9.17, 15) is 13.2 Å². The van der Waals surface area contributed by atoms with Crippen LogP contribution in [-0.4, -0.2) is 59.8 Å². The Morgan fingerprint density at radius 2 is 1.81 bits per heavy atom. The van der Waals surface area contributed by atoms with Crippen LogP contribution in [0.25, 0.3) is 0 Å². The van der Waals surface area contributed by atoms with Gasteiger partial charge in [-0.1, -0.05) is 11.2 Å². The quantitative estimate of drug-likeness (QED) is 0.716. The summed E-state index contributed by atoms with van der Waals surface area (Å²) in [6.45, 7) is 7.72. The predicted octanol–water partition coefficient (Wildman–Crippen LogP) is 2.80. The molecule has 9 heteroatoms. The molecule has 3 heterocycles. The molecule has 2 fully saturated rings. The number of likely N-dealkylation sites (tertiary alicyclic amines) is 1. The number of aryl methyl sites for hydroxylation is 3. The highest BCUT2D eigenvalue weighted by Gasteiger charge is 2.36. The summed E-state index contributed by atoms with van der Waals surface area (Å²) < 4.78 is 32.9. The van der Waals surface area contributed by atoms with Crippen LogP contribution >= 0.6 is 0 Å². The molecule has 4 rings (SSSR count). The third-order valence-electron chi connectivity index (χ3n) is 6.54. The fourth-order valence-corrected chi connectivity index (χ4v) is 6.04. The molecule has 2 aliphatic rings. The summed E-state index contributed by atoms with van der Waals surface area (Å²) in [6.07, 6.45) is 2.92. The molecule has 168 valence electrons. The maximum Gasteiger partial charge on any atom is 0.243 e. The van der Waals surface area contributed by atoms with Crippen LogP contribution in [0.5, 0.6) is 0 Å². The molecule has 0 spiro atoms. The Morgan fingerprint density at radius 3 is 2.45 bits per heavy atom. The van der Waals surface area contributed by atoms with Crippen molar-refractivity contribution in [1.82, 2.24) is 19.3 Å². The summed E-state index contributed by atoms with van der Waals surface area (Å²) in [5, 5.41) is 3.87. The Balaban J connectivity index is 1.37. The van der Waals surface area contributed by atoms with Gasteiger partial charge in [0, 0.05) is 32.1 Å². The second-order valence-electron chi connectivity index (χ2n) is 8.73. The molecule has 0 unspecified atom stereocenters. The number of piperidine rings is 2. The minimum absolute atomic E-state index is 0.0733. The molecule has 1 amide bonds. The molecule has 8 nitrogen and oxygen atoms in total. The SMILES string of the molecule is Cc1noc([C@@H]2CCCN(C(=O)C3CCN(S(=O)(=O)c4ccc(C)c(C)c4)CC3)C2)n1. The van der Waals surface area contributed by atoms with Gasteiger partial charge < -0.3 is 9.42 Å². The Kier molecular flexibility index (Phi) is 6.16. The van der Waals surface area contributed by atoms with E-state index in [1.54, 1.807) is 19.1 Å². The summed E-state index contributed by atoms with van der Waals surface area (Å²) in [5.41, 5.74) is 2.03. The normalized spacial score (nSPS) is 21.4. The third kappa shape index (κ3) is 4.52. The van der Waals surface area contributed by atoms with Crippen LogP contribution in [0, 0.1) is 26.7 Å². The van der Waals surface area contributed by atoms with E-state index >= 15 is 0 Å². The van der Waals surface area contributed by atoms with Crippen LogP contribution < -0.4 is 0 Å². The molecule has 1 atom stereocenters. The van der Waals surface area contributed by atoms with Crippen molar-refractivity contribution >= 4 is 15.9 Å². The Bertz CT molecular complexity index is 1060. The molecule has 2 aliphatic heterocycles. The molecule has 0 N–H and O–H groups in total. The van der Waals surface area contributed by atoms with E-state index in [1.807, 2.05) is 24.8 Å². The van der Waals surface area contributed by atoms with Crippen LogP contribution in [0.15, 0.2) is 27.6 Å². The number of benzene rings is 1. The number of sulfonamides is 1. The monoisotopic (exact) mass is 446 g/mol. The van der Waals surface area contributed by atoms with Gasteiger partial charge in [0.05, 0.1) is 10.8 Å². The van der Waals surface area contributed by atoms with E-state index in [0.717, 1.165) is 30.5 Å². The van der Waals surface area contributed by atoms with E-state index in [4.69, 9.17) is 4.52 Å². The number of hydrogen-bond acceptors (Lipinski definition) is 6. The van der Waals surface area contributed by atoms with Crippen LogP contribution in [0.2, 0.25) is 0 Å². The average Bonchev–Trinajstić information content (AvgIpc) is 3.21. The van der Waals surface area contributed by atoms with Gasteiger partial charge in [0.15, 0.2) is 5.82 Å². The van der Waals surface area contributed by atoms with Gasteiger partial charge in [-0.2, -0.15) is 9.29 Å². The number of nitrogens with zero attached hydrogens (tertiary/aromatic N) is 4. The molecule has 2 saturated heterocycles. The zero-order valence-electron chi connectivity index (χ0n) is 18.4. The average molecular weight is 447 g/mol. The molecule has 0 radical (unpaired) electrons. The highest BCUT2D eigenvalue weighted by atomic mass is 32.2. The molecule has 31 heavy (non-hydrogen) atoms. The smallest absolute Gasteiger partial charge is 0.243 e. The van der Waals surface area contributed by atoms with Crippen molar-refractivity contribution in [3.63, 3.8) is 0 Å². The minimum Gasteiger partial charge on any atom is -0.342 e. The highest BCUT2D eigenvalue weighted by Crippen LogP contribution is 2.30. The first-order valence-corrected chi connectivity index (χ1v) is 12.4. The lowest BCUT2D eigenvalue weighted by Crippen LogP contribution is -2.46. The van der Waals surface area contributed by atoms with Gasteiger partial charge in [-0.25, -0.2) is 8.42 Å². The fourth-order valence-electron chi connectivity index (χ4n) is 4.48. The Labute approximate surface area is 183 Å². The lowest BCUT2D eigenvalue weighted by molar-refractivity contribution is -0.138. The summed E-state index contributed by atoms with van der Waals surface area (Å²) in [7, 11) is -3.54. The molecular weight excluding hydrogens is 416 g/mol. The van der Waals surface area contributed by atoms with E-state index in [-0.39, 0.29) is 17.7 Å². The molecular formula is C22H30N4O4S. The molecule has 0 saturated carbocycles. The van der Waals surface area contributed by atoms with Crippen LogP contribution in [0.3, 0.4) is 0 Å². The number of aromatic nitrogens is 2. The van der Waals surface area contributed by atoms with Gasteiger partial charge in [-0.3, -0.25) is 4.79 Å². The van der Waals surface area contributed by atoms with Gasteiger partial charge >= 0.3 is 0 Å². The molecule has 0 aliphatic carbocycles. The van der Waals surface area contributed by atoms with Crippen LogP contribution in [0.1, 0.15) is 54.4 Å². The maximum atomic E-state index is 13.1. The van der Waals surface area contributed by atoms with Gasteiger partial charge in [0.25, 0.3) is 0 Å². The molecule has 1 aromatic carbocycles. The van der Waals surface area contributed by atoms with Gasteiger partial charge in [0.1, 0.15) is 0 Å². The minimum atomic E-state index is -3.54. The number of hydrogen-bond donors (Lipinski definition) is 0. The third-order valence-corrected chi connectivity index (χ3v) is 8.44. The summed E-state index contributed by atoms with van der Waals surface area (Å²) in [6, 6.07) is 5.24. The van der Waals surface area contributed by atoms with E-state index in [0.29, 0.717) is 49.1 Å². The summed E-state index contributed by atoms with van der Waals surface area (Å²) in [5.74, 6) is 1.25. The summed E-state index contributed by atoms with van der Waals surface area (Å²) in [4.78, 5) is 19.7. The van der Waals surface area contributed by atoms with Crippen molar-refractivity contribution in [1.29, 1.82) is 0 Å². The van der Waals surface area contributed by atoms with Crippen LogP contribution in [-0.2, 0) is 14.8 Å². The number of rotatable bonds is 4. The van der Waals surface area contributed by atoms with Crippen molar-refractivity contribution in [2.45, 2.75) is 57.3 Å². The lowest BCUT2D eigenvalue weighted by atomic mass is 9.93. The van der Waals surface area contributed by atoms with E-state index in [1.165, 1.54) is 4.31 Å². The summed E-state index contributed by atoms with van der Waals surface area (Å²) >= 11 is 0. The van der Waals surface area contributed by atoms with E-state index < -0.39 is 10.0 Å². The highest BCUT2D eigenvalue weighted by molar-refractivity contribution is 7.89. The van der Waals surface area contributed by atoms with Crippen molar-refractivity contribution in [3.8, 4) is 0 Å². The Morgan fingerprint density at radius 1 is 1.06 bits per heavy atom. The van der Waals surface area contributed by atoms with Crippen molar-refractivity contribution in [2.75, 3.05) is 26.2 Å². The zero-order chi connectivity index (χ0) is 22.2. The molecule has 2 aromatic rings. The second kappa shape index (κ2) is 8.70. The van der Waals surface area contributed by atoms with Crippen molar-refractivity contribution in [3.05, 3.63) is 41.0 Å². The predicted molar refractivity (Wildman–Crippen MR) is 115 cm³/mol. The van der Waals surface area contributed by atoms with Crippen LogP contribution in [0.4, 0.5) is 0 Å². The first kappa shape index (κ1) is 22.0.